The van der Waals surface area contributed by atoms with Crippen molar-refractivity contribution in [2.45, 2.75) is 37.6 Å². The lowest BCUT2D eigenvalue weighted by Gasteiger charge is -2.33. The van der Waals surface area contributed by atoms with Gasteiger partial charge in [0.2, 0.25) is 5.91 Å². The fourth-order valence-electron chi connectivity index (χ4n) is 4.29. The van der Waals surface area contributed by atoms with Gasteiger partial charge in [0.05, 0.1) is 11.6 Å². The number of anilines is 1. The summed E-state index contributed by atoms with van der Waals surface area (Å²) in [6.45, 7) is 5.67. The fourth-order valence-corrected chi connectivity index (χ4v) is 5.81. The maximum absolute atomic E-state index is 12.6. The van der Waals surface area contributed by atoms with Crippen LogP contribution in [0.3, 0.4) is 0 Å². The Kier molecular flexibility index (Phi) is 5.75. The zero-order chi connectivity index (χ0) is 22.2. The number of benzene rings is 2. The molecule has 7 nitrogen and oxygen atoms in total. The van der Waals surface area contributed by atoms with Crippen LogP contribution < -0.4 is 10.2 Å². The first-order chi connectivity index (χ1) is 14.8. The monoisotopic (exact) mass is 441 g/mol. The van der Waals surface area contributed by atoms with Crippen molar-refractivity contribution < 1.29 is 18.0 Å². The molecule has 2 aliphatic rings. The van der Waals surface area contributed by atoms with E-state index < -0.39 is 28.4 Å². The molecule has 2 aromatic rings. The van der Waals surface area contributed by atoms with E-state index >= 15 is 0 Å². The average Bonchev–Trinajstić information content (AvgIpc) is 2.95. The van der Waals surface area contributed by atoms with Gasteiger partial charge in [-0.05, 0) is 55.5 Å². The number of carbonyl (C=O) groups excluding carboxylic acids is 2. The first-order valence-electron chi connectivity index (χ1n) is 10.6. The molecule has 0 aromatic heterocycles. The second-order valence-corrected chi connectivity index (χ2v) is 10.2. The van der Waals surface area contributed by atoms with Crippen LogP contribution in [0.25, 0.3) is 0 Å². The summed E-state index contributed by atoms with van der Waals surface area (Å²) < 4.78 is 25.9. The zero-order valence-electron chi connectivity index (χ0n) is 17.7. The Morgan fingerprint density at radius 3 is 2.55 bits per heavy atom. The minimum absolute atomic E-state index is 0.0523. The number of fused-ring (bicyclic) bond motifs is 1. The van der Waals surface area contributed by atoms with Crippen LogP contribution in [0.1, 0.15) is 48.7 Å². The van der Waals surface area contributed by atoms with Crippen molar-refractivity contribution in [3.8, 4) is 0 Å². The number of nitrogens with one attached hydrogen (secondary N) is 1. The molecule has 2 amide bonds. The summed E-state index contributed by atoms with van der Waals surface area (Å²) >= 11 is 0. The molecule has 2 aromatic carbocycles. The van der Waals surface area contributed by atoms with Gasteiger partial charge in [-0.2, -0.15) is 0 Å². The van der Waals surface area contributed by atoms with Gasteiger partial charge in [-0.25, -0.2) is 12.7 Å². The van der Waals surface area contributed by atoms with Crippen LogP contribution in [0.4, 0.5) is 5.69 Å². The number of sulfonamides is 1. The van der Waals surface area contributed by atoms with Crippen LogP contribution in [0.15, 0.2) is 53.4 Å². The number of rotatable bonds is 5. The molecule has 2 atom stereocenters. The first kappa shape index (κ1) is 21.4. The molecular formula is C23H27N3O4S. The summed E-state index contributed by atoms with van der Waals surface area (Å²) in [6, 6.07) is 13.8. The van der Waals surface area contributed by atoms with E-state index in [0.29, 0.717) is 10.2 Å². The van der Waals surface area contributed by atoms with Crippen LogP contribution in [-0.2, 0) is 14.8 Å². The molecule has 164 valence electrons. The fraction of sp³-hybridized carbons (Fsp3) is 0.391. The normalized spacial score (nSPS) is 21.0. The predicted octanol–water partition coefficient (Wildman–Crippen LogP) is 2.94. The molecule has 0 spiro atoms. The maximum atomic E-state index is 12.6. The van der Waals surface area contributed by atoms with Crippen LogP contribution in [0, 0.1) is 5.92 Å². The van der Waals surface area contributed by atoms with Crippen LogP contribution in [0.5, 0.6) is 0 Å². The van der Waals surface area contributed by atoms with E-state index in [1.807, 2.05) is 19.1 Å². The number of amides is 2. The third kappa shape index (κ3) is 4.17. The third-order valence-electron chi connectivity index (χ3n) is 5.99. The molecular weight excluding hydrogens is 414 g/mol. The summed E-state index contributed by atoms with van der Waals surface area (Å²) in [7, 11) is -4.00. The summed E-state index contributed by atoms with van der Waals surface area (Å²) in [4.78, 5) is 27.3. The quantitative estimate of drug-likeness (QED) is 0.771. The standard InChI is InChI=1S/C23H27N3O4S/c1-16-6-5-13-25(14-16)19-11-9-18(10-12-19)17(2)24-22(27)15-26-23(28)20-7-3-4-8-21(20)31(26,29)30/h3-4,7-12,16-17H,5-6,13-15H2,1-2H3,(H,24,27)/t16-,17-/m1/s1. The Hall–Kier alpha value is -2.87. The Bertz CT molecular complexity index is 1100. The van der Waals surface area contributed by atoms with E-state index in [0.717, 1.165) is 18.7 Å². The lowest BCUT2D eigenvalue weighted by molar-refractivity contribution is -0.121. The van der Waals surface area contributed by atoms with Crippen molar-refractivity contribution in [1.82, 2.24) is 9.62 Å². The van der Waals surface area contributed by atoms with E-state index in [-0.39, 0.29) is 16.5 Å². The summed E-state index contributed by atoms with van der Waals surface area (Å²) in [5.41, 5.74) is 2.19. The second-order valence-electron chi connectivity index (χ2n) is 8.39. The highest BCUT2D eigenvalue weighted by Gasteiger charge is 2.41. The number of nitrogens with zero attached hydrogens (tertiary/aromatic N) is 2. The Morgan fingerprint density at radius 2 is 1.87 bits per heavy atom. The SMILES string of the molecule is C[C@@H]1CCCN(c2ccc([C@@H](C)NC(=O)CN3C(=O)c4ccccc4S3(=O)=O)cc2)C1. The third-order valence-corrected chi connectivity index (χ3v) is 7.78. The van der Waals surface area contributed by atoms with Crippen molar-refractivity contribution >= 4 is 27.5 Å². The van der Waals surface area contributed by atoms with E-state index in [2.05, 4.69) is 29.3 Å². The minimum Gasteiger partial charge on any atom is -0.371 e. The molecule has 1 N–H and O–H groups in total. The van der Waals surface area contributed by atoms with Crippen LogP contribution in [0.2, 0.25) is 0 Å². The Morgan fingerprint density at radius 1 is 1.16 bits per heavy atom. The summed E-state index contributed by atoms with van der Waals surface area (Å²) in [5, 5.41) is 2.80. The van der Waals surface area contributed by atoms with Gasteiger partial charge in [-0.1, -0.05) is 31.2 Å². The van der Waals surface area contributed by atoms with Crippen molar-refractivity contribution in [1.29, 1.82) is 0 Å². The first-order valence-corrected chi connectivity index (χ1v) is 12.0. The molecule has 31 heavy (non-hydrogen) atoms. The number of carbonyl (C=O) groups is 2. The maximum Gasteiger partial charge on any atom is 0.269 e. The molecule has 2 aliphatic heterocycles. The van der Waals surface area contributed by atoms with Crippen molar-refractivity contribution in [3.05, 3.63) is 59.7 Å². The van der Waals surface area contributed by atoms with Crippen LogP contribution in [-0.4, -0.2) is 44.2 Å². The minimum atomic E-state index is -4.00. The molecule has 1 fully saturated rings. The van der Waals surface area contributed by atoms with Crippen molar-refractivity contribution in [2.24, 2.45) is 5.92 Å². The van der Waals surface area contributed by atoms with Crippen molar-refractivity contribution in [3.63, 3.8) is 0 Å². The van der Waals surface area contributed by atoms with Gasteiger partial charge in [-0.15, -0.1) is 0 Å². The molecule has 1 saturated heterocycles. The lowest BCUT2D eigenvalue weighted by Crippen LogP contribution is -2.41. The number of piperidine rings is 1. The summed E-state index contributed by atoms with van der Waals surface area (Å²) in [6.07, 6.45) is 2.45. The predicted molar refractivity (Wildman–Crippen MR) is 118 cm³/mol. The van der Waals surface area contributed by atoms with Gasteiger partial charge in [0.1, 0.15) is 11.4 Å². The van der Waals surface area contributed by atoms with E-state index in [4.69, 9.17) is 0 Å². The molecule has 0 bridgehead atoms. The highest BCUT2D eigenvalue weighted by Crippen LogP contribution is 2.30. The molecule has 0 aliphatic carbocycles. The zero-order valence-corrected chi connectivity index (χ0v) is 18.6. The van der Waals surface area contributed by atoms with Gasteiger partial charge in [0.15, 0.2) is 0 Å². The smallest absolute Gasteiger partial charge is 0.269 e. The van der Waals surface area contributed by atoms with E-state index in [1.165, 1.54) is 30.7 Å². The highest BCUT2D eigenvalue weighted by atomic mass is 32.2. The molecule has 4 rings (SSSR count). The van der Waals surface area contributed by atoms with Crippen LogP contribution >= 0.6 is 0 Å². The van der Waals surface area contributed by atoms with Gasteiger partial charge in [0, 0.05) is 18.8 Å². The van der Waals surface area contributed by atoms with Gasteiger partial charge in [0.25, 0.3) is 15.9 Å². The van der Waals surface area contributed by atoms with Crippen molar-refractivity contribution in [2.75, 3.05) is 24.5 Å². The second kappa shape index (κ2) is 8.34. The Labute approximate surface area is 183 Å². The average molecular weight is 442 g/mol. The lowest BCUT2D eigenvalue weighted by atomic mass is 9.99. The molecule has 0 saturated carbocycles. The number of hydrogen-bond acceptors (Lipinski definition) is 5. The highest BCUT2D eigenvalue weighted by molar-refractivity contribution is 7.90. The molecule has 2 heterocycles. The largest absolute Gasteiger partial charge is 0.371 e. The molecule has 8 heteroatoms. The van der Waals surface area contributed by atoms with E-state index in [9.17, 15) is 18.0 Å². The molecule has 0 unspecified atom stereocenters. The summed E-state index contributed by atoms with van der Waals surface area (Å²) in [5.74, 6) is -0.507. The molecule has 0 radical (unpaired) electrons. The number of hydrogen-bond donors (Lipinski definition) is 1. The Balaban J connectivity index is 1.40. The van der Waals surface area contributed by atoms with E-state index in [1.54, 1.807) is 12.1 Å². The topological polar surface area (TPSA) is 86.8 Å². The van der Waals surface area contributed by atoms with Gasteiger partial charge in [-0.3, -0.25) is 9.59 Å². The van der Waals surface area contributed by atoms with Gasteiger partial charge < -0.3 is 10.2 Å². The van der Waals surface area contributed by atoms with Gasteiger partial charge >= 0.3 is 0 Å².